The Kier molecular flexibility index (Phi) is 3.71. The van der Waals surface area contributed by atoms with Crippen molar-refractivity contribution in [1.29, 1.82) is 0 Å². The average molecular weight is 288 g/mol. The predicted octanol–water partition coefficient (Wildman–Crippen LogP) is 2.53. The smallest absolute Gasteiger partial charge is 0.252 e. The summed E-state index contributed by atoms with van der Waals surface area (Å²) in [6.45, 7) is 5.55. The lowest BCUT2D eigenvalue weighted by molar-refractivity contribution is 0.280. The molecule has 6 heteroatoms. The molecule has 1 fully saturated rings. The summed E-state index contributed by atoms with van der Waals surface area (Å²) < 4.78 is 26.9. The van der Waals surface area contributed by atoms with E-state index in [1.807, 2.05) is 0 Å². The molecule has 18 heavy (non-hydrogen) atoms. The molecule has 0 atom stereocenters. The molecule has 1 aliphatic rings. The summed E-state index contributed by atoms with van der Waals surface area (Å²) in [5.74, 6) is 0. The van der Waals surface area contributed by atoms with Gasteiger partial charge in [-0.3, -0.25) is 0 Å². The first kappa shape index (κ1) is 13.8. The van der Waals surface area contributed by atoms with E-state index in [9.17, 15) is 8.42 Å². The van der Waals surface area contributed by atoms with Gasteiger partial charge in [-0.15, -0.1) is 11.3 Å². The van der Waals surface area contributed by atoms with E-state index in [0.29, 0.717) is 23.0 Å². The van der Waals surface area contributed by atoms with Crippen LogP contribution in [-0.4, -0.2) is 25.8 Å². The summed E-state index contributed by atoms with van der Waals surface area (Å²) in [5.41, 5.74) is 6.29. The van der Waals surface area contributed by atoms with Gasteiger partial charge in [-0.05, 0) is 30.7 Å². The number of hydrogen-bond acceptors (Lipinski definition) is 4. The van der Waals surface area contributed by atoms with E-state index >= 15 is 0 Å². The first-order valence-corrected chi connectivity index (χ1v) is 8.60. The van der Waals surface area contributed by atoms with Crippen LogP contribution in [0.2, 0.25) is 0 Å². The summed E-state index contributed by atoms with van der Waals surface area (Å²) in [7, 11) is -3.34. The van der Waals surface area contributed by atoms with Crippen molar-refractivity contribution in [2.24, 2.45) is 5.41 Å². The SMILES string of the molecule is CCC1(CC)CCN(S(=O)(=O)c2cc(N)cs2)C1. The van der Waals surface area contributed by atoms with Crippen LogP contribution in [0.4, 0.5) is 5.69 Å². The van der Waals surface area contributed by atoms with E-state index in [1.54, 1.807) is 15.8 Å². The Morgan fingerprint density at radius 3 is 2.56 bits per heavy atom. The highest BCUT2D eigenvalue weighted by molar-refractivity contribution is 7.91. The monoisotopic (exact) mass is 288 g/mol. The van der Waals surface area contributed by atoms with Crippen molar-refractivity contribution in [1.82, 2.24) is 4.31 Å². The number of nitrogen functional groups attached to an aromatic ring is 1. The quantitative estimate of drug-likeness (QED) is 0.926. The molecule has 0 aromatic carbocycles. The fourth-order valence-electron chi connectivity index (χ4n) is 2.52. The maximum Gasteiger partial charge on any atom is 0.252 e. The van der Waals surface area contributed by atoms with Crippen LogP contribution in [-0.2, 0) is 10.0 Å². The lowest BCUT2D eigenvalue weighted by Gasteiger charge is -2.26. The summed E-state index contributed by atoms with van der Waals surface area (Å²) in [4.78, 5) is 0. The van der Waals surface area contributed by atoms with Crippen molar-refractivity contribution in [3.63, 3.8) is 0 Å². The first-order chi connectivity index (χ1) is 8.43. The highest BCUT2D eigenvalue weighted by Crippen LogP contribution is 2.40. The van der Waals surface area contributed by atoms with Gasteiger partial charge in [-0.1, -0.05) is 13.8 Å². The topological polar surface area (TPSA) is 63.4 Å². The molecule has 2 rings (SSSR count). The molecule has 0 bridgehead atoms. The fraction of sp³-hybridized carbons (Fsp3) is 0.667. The highest BCUT2D eigenvalue weighted by atomic mass is 32.2. The van der Waals surface area contributed by atoms with Gasteiger partial charge in [-0.25, -0.2) is 8.42 Å². The second kappa shape index (κ2) is 4.83. The Labute approximate surface area is 113 Å². The third kappa shape index (κ3) is 2.29. The zero-order valence-corrected chi connectivity index (χ0v) is 12.5. The van der Waals surface area contributed by atoms with Crippen LogP contribution in [0.1, 0.15) is 33.1 Å². The minimum atomic E-state index is -3.34. The highest BCUT2D eigenvalue weighted by Gasteiger charge is 2.40. The van der Waals surface area contributed by atoms with Gasteiger partial charge in [0.1, 0.15) is 4.21 Å². The predicted molar refractivity (Wildman–Crippen MR) is 75.1 cm³/mol. The zero-order chi connectivity index (χ0) is 13.4. The number of nitrogens with two attached hydrogens (primary N) is 1. The van der Waals surface area contributed by atoms with Crippen molar-refractivity contribution in [2.45, 2.75) is 37.3 Å². The second-order valence-electron chi connectivity index (χ2n) is 4.99. The molecule has 4 nitrogen and oxygen atoms in total. The summed E-state index contributed by atoms with van der Waals surface area (Å²) in [5, 5.41) is 1.68. The third-order valence-electron chi connectivity index (χ3n) is 4.09. The Morgan fingerprint density at radius 2 is 2.11 bits per heavy atom. The van der Waals surface area contributed by atoms with Crippen molar-refractivity contribution >= 4 is 27.0 Å². The van der Waals surface area contributed by atoms with Gasteiger partial charge in [-0.2, -0.15) is 4.31 Å². The molecule has 1 aliphatic heterocycles. The minimum absolute atomic E-state index is 0.163. The van der Waals surface area contributed by atoms with Crippen LogP contribution >= 0.6 is 11.3 Å². The van der Waals surface area contributed by atoms with Crippen LogP contribution in [0.25, 0.3) is 0 Å². The molecule has 2 heterocycles. The second-order valence-corrected chi connectivity index (χ2v) is 8.07. The summed E-state index contributed by atoms with van der Waals surface area (Å²) in [6.07, 6.45) is 3.02. The van der Waals surface area contributed by atoms with Gasteiger partial charge in [0.25, 0.3) is 10.0 Å². The van der Waals surface area contributed by atoms with Gasteiger partial charge >= 0.3 is 0 Å². The molecule has 1 aromatic heterocycles. The van der Waals surface area contributed by atoms with Gasteiger partial charge in [0.2, 0.25) is 0 Å². The van der Waals surface area contributed by atoms with Crippen LogP contribution in [0.3, 0.4) is 0 Å². The molecule has 1 aromatic rings. The number of nitrogens with zero attached hydrogens (tertiary/aromatic N) is 1. The van der Waals surface area contributed by atoms with Gasteiger partial charge < -0.3 is 5.73 Å². The van der Waals surface area contributed by atoms with Crippen molar-refractivity contribution in [2.75, 3.05) is 18.8 Å². The number of anilines is 1. The Hall–Kier alpha value is -0.590. The largest absolute Gasteiger partial charge is 0.398 e. The van der Waals surface area contributed by atoms with E-state index in [2.05, 4.69) is 13.8 Å². The van der Waals surface area contributed by atoms with E-state index in [4.69, 9.17) is 5.73 Å². The van der Waals surface area contributed by atoms with Crippen molar-refractivity contribution < 1.29 is 8.42 Å². The van der Waals surface area contributed by atoms with E-state index in [-0.39, 0.29) is 5.41 Å². The maximum atomic E-state index is 12.4. The third-order valence-corrected chi connectivity index (χ3v) is 7.37. The Morgan fingerprint density at radius 1 is 1.44 bits per heavy atom. The van der Waals surface area contributed by atoms with E-state index in [0.717, 1.165) is 19.3 Å². The average Bonchev–Trinajstić information content (AvgIpc) is 2.96. The molecule has 0 aliphatic carbocycles. The summed E-state index contributed by atoms with van der Waals surface area (Å²) in [6, 6.07) is 1.55. The maximum absolute atomic E-state index is 12.4. The van der Waals surface area contributed by atoms with Crippen molar-refractivity contribution in [3.05, 3.63) is 11.4 Å². The molecule has 0 unspecified atom stereocenters. The number of hydrogen-bond donors (Lipinski definition) is 1. The van der Waals surface area contributed by atoms with E-state index < -0.39 is 10.0 Å². The van der Waals surface area contributed by atoms with Crippen molar-refractivity contribution in [3.8, 4) is 0 Å². The molecule has 102 valence electrons. The first-order valence-electron chi connectivity index (χ1n) is 6.28. The zero-order valence-electron chi connectivity index (χ0n) is 10.8. The van der Waals surface area contributed by atoms with Crippen LogP contribution < -0.4 is 5.73 Å². The Balaban J connectivity index is 2.24. The van der Waals surface area contributed by atoms with Crippen LogP contribution in [0, 0.1) is 5.41 Å². The molecular weight excluding hydrogens is 268 g/mol. The van der Waals surface area contributed by atoms with Gasteiger partial charge in [0.15, 0.2) is 0 Å². The molecule has 2 N–H and O–H groups in total. The lowest BCUT2D eigenvalue weighted by Crippen LogP contribution is -2.31. The van der Waals surface area contributed by atoms with E-state index in [1.165, 1.54) is 11.3 Å². The fourth-order valence-corrected chi connectivity index (χ4v) is 5.31. The standard InChI is InChI=1S/C12H20N2O2S2/c1-3-12(4-2)5-6-14(9-12)18(15,16)11-7-10(13)8-17-11/h7-8H,3-6,9,13H2,1-2H3. The van der Waals surface area contributed by atoms with Crippen LogP contribution in [0.15, 0.2) is 15.7 Å². The Bertz CT molecular complexity index is 518. The number of sulfonamides is 1. The number of thiophene rings is 1. The molecular formula is C12H20N2O2S2. The molecule has 0 radical (unpaired) electrons. The molecule has 1 saturated heterocycles. The van der Waals surface area contributed by atoms with Crippen LogP contribution in [0.5, 0.6) is 0 Å². The van der Waals surface area contributed by atoms with Gasteiger partial charge in [0.05, 0.1) is 0 Å². The summed E-state index contributed by atoms with van der Waals surface area (Å²) >= 11 is 1.20. The van der Waals surface area contributed by atoms with Gasteiger partial charge in [0, 0.05) is 24.2 Å². The molecule has 0 amide bonds. The lowest BCUT2D eigenvalue weighted by atomic mass is 9.82. The molecule has 0 spiro atoms. The normalized spacial score (nSPS) is 20.3. The minimum Gasteiger partial charge on any atom is -0.398 e. The molecule has 0 saturated carbocycles. The number of rotatable bonds is 4.